The summed E-state index contributed by atoms with van der Waals surface area (Å²) >= 11 is 0. The smallest absolute Gasteiger partial charge is 0.378 e. The summed E-state index contributed by atoms with van der Waals surface area (Å²) in [5.41, 5.74) is 0.372. The number of alkyl halides is 3. The maximum Gasteiger partial charge on any atom is 0.416 e. The zero-order chi connectivity index (χ0) is 21.2. The lowest BCUT2D eigenvalue weighted by molar-refractivity contribution is -0.137. The van der Waals surface area contributed by atoms with Gasteiger partial charge in [0.2, 0.25) is 0 Å². The highest BCUT2D eigenvalue weighted by Crippen LogP contribution is 2.36. The van der Waals surface area contributed by atoms with E-state index >= 15 is 0 Å². The molecule has 2 aliphatic heterocycles. The van der Waals surface area contributed by atoms with Gasteiger partial charge in [-0.05, 0) is 61.2 Å². The number of rotatable bonds is 4. The molecule has 9 heteroatoms. The van der Waals surface area contributed by atoms with Crippen LogP contribution >= 0.6 is 0 Å². The summed E-state index contributed by atoms with van der Waals surface area (Å²) in [5, 5.41) is 6.38. The van der Waals surface area contributed by atoms with Crippen molar-refractivity contribution in [3.05, 3.63) is 41.6 Å². The van der Waals surface area contributed by atoms with Crippen molar-refractivity contribution < 1.29 is 17.9 Å². The first-order valence-corrected chi connectivity index (χ1v) is 10.2. The van der Waals surface area contributed by atoms with E-state index in [1.807, 2.05) is 6.07 Å². The Hall–Kier alpha value is -2.39. The first-order valence-electron chi connectivity index (χ1n) is 10.2. The van der Waals surface area contributed by atoms with E-state index in [0.29, 0.717) is 19.0 Å². The third-order valence-electron chi connectivity index (χ3n) is 5.89. The van der Waals surface area contributed by atoms with Crippen LogP contribution in [0.4, 0.5) is 30.6 Å². The molecule has 30 heavy (non-hydrogen) atoms. The molecule has 162 valence electrons. The summed E-state index contributed by atoms with van der Waals surface area (Å²) in [6, 6.07) is 6.03. The lowest BCUT2D eigenvalue weighted by atomic mass is 9.75. The lowest BCUT2D eigenvalue weighted by Crippen LogP contribution is -2.39. The van der Waals surface area contributed by atoms with Crippen LogP contribution in [0.5, 0.6) is 0 Å². The third-order valence-corrected chi connectivity index (χ3v) is 5.89. The van der Waals surface area contributed by atoms with Gasteiger partial charge in [0.25, 0.3) is 0 Å². The van der Waals surface area contributed by atoms with Crippen LogP contribution in [0.1, 0.15) is 30.9 Å². The molecular formula is C21H26F3N5O. The van der Waals surface area contributed by atoms with E-state index in [0.717, 1.165) is 68.7 Å². The van der Waals surface area contributed by atoms with Crippen LogP contribution in [0.2, 0.25) is 0 Å². The number of pyridine rings is 2. The Morgan fingerprint density at radius 2 is 1.83 bits per heavy atom. The molecule has 0 aliphatic carbocycles. The van der Waals surface area contributed by atoms with Crippen molar-refractivity contribution in [3.8, 4) is 0 Å². The van der Waals surface area contributed by atoms with Crippen LogP contribution in [-0.2, 0) is 16.3 Å². The summed E-state index contributed by atoms with van der Waals surface area (Å²) < 4.78 is 44.7. The maximum atomic E-state index is 13.1. The summed E-state index contributed by atoms with van der Waals surface area (Å²) in [6.45, 7) is 6.83. The molecule has 2 aromatic heterocycles. The van der Waals surface area contributed by atoms with E-state index in [-0.39, 0.29) is 11.2 Å². The highest BCUT2D eigenvalue weighted by Gasteiger charge is 2.32. The van der Waals surface area contributed by atoms with Gasteiger partial charge in [-0.1, -0.05) is 6.92 Å². The van der Waals surface area contributed by atoms with Gasteiger partial charge in [-0.15, -0.1) is 0 Å². The number of nitrogens with one attached hydrogen (secondary N) is 2. The van der Waals surface area contributed by atoms with E-state index in [1.165, 1.54) is 0 Å². The molecule has 2 aromatic rings. The second-order valence-corrected chi connectivity index (χ2v) is 8.06. The summed E-state index contributed by atoms with van der Waals surface area (Å²) in [4.78, 5) is 10.9. The molecule has 2 N–H and O–H groups in total. The molecule has 6 nitrogen and oxygen atoms in total. The fraction of sp³-hybridized carbons (Fsp3) is 0.524. The predicted molar refractivity (Wildman–Crippen MR) is 109 cm³/mol. The van der Waals surface area contributed by atoms with E-state index in [9.17, 15) is 13.2 Å². The number of nitrogens with zero attached hydrogens (tertiary/aromatic N) is 3. The monoisotopic (exact) mass is 421 g/mol. The average molecular weight is 421 g/mol. The largest absolute Gasteiger partial charge is 0.416 e. The van der Waals surface area contributed by atoms with Crippen LogP contribution < -0.4 is 15.5 Å². The molecule has 4 rings (SSSR count). The topological polar surface area (TPSA) is 62.3 Å². The number of ether oxygens (including phenoxy) is 1. The standard InChI is InChI=1S/C21H26F3N5O/c1-20(3-6-25-7-4-20)16-13-18(28-19(14-16)29-8-10-30-11-9-29)27-17-12-15(2-5-26-17)21(22,23)24/h2,5,12-14,25H,3-4,6-11H2,1H3,(H,26,27,28). The molecule has 0 atom stereocenters. The van der Waals surface area contributed by atoms with Crippen molar-refractivity contribution in [2.45, 2.75) is 31.4 Å². The SMILES string of the molecule is CC1(c2cc(Nc3cc(C(F)(F)F)ccn3)nc(N3CCOCC3)c2)CCNCC1. The van der Waals surface area contributed by atoms with Gasteiger partial charge >= 0.3 is 6.18 Å². The summed E-state index contributed by atoms with van der Waals surface area (Å²) in [5.74, 6) is 1.43. The van der Waals surface area contributed by atoms with Gasteiger partial charge in [-0.2, -0.15) is 13.2 Å². The normalized spacial score (nSPS) is 19.5. The first kappa shape index (κ1) is 20.9. The Morgan fingerprint density at radius 3 is 2.53 bits per heavy atom. The third kappa shape index (κ3) is 4.67. The number of hydrogen-bond acceptors (Lipinski definition) is 6. The van der Waals surface area contributed by atoms with Gasteiger partial charge in [-0.25, -0.2) is 9.97 Å². The Bertz CT molecular complexity index is 877. The molecule has 0 bridgehead atoms. The molecule has 0 aromatic carbocycles. The predicted octanol–water partition coefficient (Wildman–Crippen LogP) is 3.72. The number of halogens is 3. The molecule has 0 unspecified atom stereocenters. The van der Waals surface area contributed by atoms with E-state index in [4.69, 9.17) is 9.72 Å². The van der Waals surface area contributed by atoms with Gasteiger partial charge < -0.3 is 20.3 Å². The Labute approximate surface area is 173 Å². The van der Waals surface area contributed by atoms with Crippen LogP contribution in [-0.4, -0.2) is 49.4 Å². The number of morpholine rings is 1. The number of hydrogen-bond donors (Lipinski definition) is 2. The Balaban J connectivity index is 1.68. The number of anilines is 3. The van der Waals surface area contributed by atoms with Gasteiger partial charge in [0.05, 0.1) is 18.8 Å². The number of aromatic nitrogens is 2. The minimum atomic E-state index is -4.42. The second kappa shape index (κ2) is 8.39. The van der Waals surface area contributed by atoms with Crippen molar-refractivity contribution in [2.24, 2.45) is 0 Å². The fourth-order valence-electron chi connectivity index (χ4n) is 3.96. The molecule has 0 amide bonds. The van der Waals surface area contributed by atoms with Gasteiger partial charge in [0.15, 0.2) is 0 Å². The van der Waals surface area contributed by atoms with Crippen molar-refractivity contribution in [1.29, 1.82) is 0 Å². The van der Waals surface area contributed by atoms with Crippen molar-refractivity contribution in [2.75, 3.05) is 49.6 Å². The zero-order valence-electron chi connectivity index (χ0n) is 16.9. The molecular weight excluding hydrogens is 395 g/mol. The highest BCUT2D eigenvalue weighted by atomic mass is 19.4. The van der Waals surface area contributed by atoms with Crippen molar-refractivity contribution in [1.82, 2.24) is 15.3 Å². The molecule has 0 spiro atoms. The highest BCUT2D eigenvalue weighted by molar-refractivity contribution is 5.59. The fourth-order valence-corrected chi connectivity index (χ4v) is 3.96. The van der Waals surface area contributed by atoms with Gasteiger partial charge in [-0.3, -0.25) is 0 Å². The second-order valence-electron chi connectivity index (χ2n) is 8.06. The molecule has 2 fully saturated rings. The first-order chi connectivity index (χ1) is 14.3. The summed E-state index contributed by atoms with van der Waals surface area (Å²) in [6.07, 6.45) is -1.29. The lowest BCUT2D eigenvalue weighted by Gasteiger charge is -2.36. The molecule has 0 radical (unpaired) electrons. The van der Waals surface area contributed by atoms with Crippen molar-refractivity contribution in [3.63, 3.8) is 0 Å². The molecule has 4 heterocycles. The minimum Gasteiger partial charge on any atom is -0.378 e. The van der Waals surface area contributed by atoms with Crippen LogP contribution in [0.3, 0.4) is 0 Å². The van der Waals surface area contributed by atoms with Crippen LogP contribution in [0.25, 0.3) is 0 Å². The Kier molecular flexibility index (Phi) is 5.84. The molecule has 0 saturated carbocycles. The molecule has 2 aliphatic rings. The van der Waals surface area contributed by atoms with Crippen molar-refractivity contribution >= 4 is 17.5 Å². The zero-order valence-corrected chi connectivity index (χ0v) is 16.9. The van der Waals surface area contributed by atoms with Crippen LogP contribution in [0, 0.1) is 0 Å². The summed E-state index contributed by atoms with van der Waals surface area (Å²) in [7, 11) is 0. The quantitative estimate of drug-likeness (QED) is 0.785. The van der Waals surface area contributed by atoms with Crippen LogP contribution in [0.15, 0.2) is 30.5 Å². The molecule has 2 saturated heterocycles. The van der Waals surface area contributed by atoms with Gasteiger partial charge in [0.1, 0.15) is 17.5 Å². The Morgan fingerprint density at radius 1 is 1.10 bits per heavy atom. The maximum absolute atomic E-state index is 13.1. The average Bonchev–Trinajstić information content (AvgIpc) is 2.74. The minimum absolute atomic E-state index is 0.0209. The van der Waals surface area contributed by atoms with Gasteiger partial charge in [0, 0.05) is 19.3 Å². The van der Waals surface area contributed by atoms with E-state index in [1.54, 1.807) is 0 Å². The van der Waals surface area contributed by atoms with E-state index in [2.05, 4.69) is 33.5 Å². The van der Waals surface area contributed by atoms with E-state index < -0.39 is 11.7 Å². The number of piperidine rings is 1.